The van der Waals surface area contributed by atoms with Crippen molar-refractivity contribution in [1.29, 1.82) is 0 Å². The van der Waals surface area contributed by atoms with Crippen LogP contribution in [-0.2, 0) is 16.5 Å². The van der Waals surface area contributed by atoms with Crippen LogP contribution in [0.15, 0.2) is 0 Å². The van der Waals surface area contributed by atoms with Crippen molar-refractivity contribution < 1.29 is 34.8 Å². The van der Waals surface area contributed by atoms with Gasteiger partial charge in [0.1, 0.15) is 0 Å². The summed E-state index contributed by atoms with van der Waals surface area (Å²) in [6, 6.07) is 0. The molecule has 0 heterocycles. The molecule has 2 nitrogen and oxygen atoms in total. The Kier molecular flexibility index (Phi) is 7.88. The largest absolute Gasteiger partial charge is 0.391 e. The molecule has 0 aromatic heterocycles. The molecule has 0 fully saturated rings. The van der Waals surface area contributed by atoms with Crippen LogP contribution in [-0.4, -0.2) is 41.4 Å². The Hall–Kier alpha value is 0.204. The number of nitrogens with zero attached hydrogens (tertiary/aromatic N) is 1. The van der Waals surface area contributed by atoms with Gasteiger partial charge < -0.3 is 10.0 Å². The van der Waals surface area contributed by atoms with Crippen molar-refractivity contribution in [3.05, 3.63) is 0 Å². The van der Waals surface area contributed by atoms with Gasteiger partial charge in [-0.15, -0.1) is 0 Å². The summed E-state index contributed by atoms with van der Waals surface area (Å²) in [5.74, 6) is 0. The Bertz CT molecular complexity index is 169. The van der Waals surface area contributed by atoms with E-state index in [1.54, 1.807) is 4.90 Å². The zero-order chi connectivity index (χ0) is 11.4. The third kappa shape index (κ3) is 9.15. The molecule has 0 aromatic rings. The Morgan fingerprint density at radius 3 is 1.80 bits per heavy atom. The fourth-order valence-electron chi connectivity index (χ4n) is 1.42. The first-order valence-corrected chi connectivity index (χ1v) is 4.71. The molecule has 0 amide bonds. The first-order valence-electron chi connectivity index (χ1n) is 4.71. The van der Waals surface area contributed by atoms with E-state index in [9.17, 15) is 18.3 Å². The number of halogens is 3. The van der Waals surface area contributed by atoms with Gasteiger partial charge in [0.05, 0.1) is 12.0 Å². The quantitative estimate of drug-likeness (QED) is 0.774. The van der Waals surface area contributed by atoms with E-state index in [1.807, 2.05) is 13.8 Å². The molecule has 0 spiro atoms. The zero-order valence-electron chi connectivity index (χ0n) is 9.17. The molecule has 0 rings (SSSR count). The van der Waals surface area contributed by atoms with Gasteiger partial charge in [-0.05, 0) is 20.0 Å². The van der Waals surface area contributed by atoms with E-state index >= 15 is 0 Å². The summed E-state index contributed by atoms with van der Waals surface area (Å²) in [5, 5.41) is 9.52. The van der Waals surface area contributed by atoms with Crippen LogP contribution in [0.2, 0.25) is 0 Å². The Balaban J connectivity index is 0. The second-order valence-corrected chi connectivity index (χ2v) is 3.75. The second-order valence-electron chi connectivity index (χ2n) is 3.75. The predicted molar refractivity (Wildman–Crippen MR) is 49.1 cm³/mol. The van der Waals surface area contributed by atoms with Crippen molar-refractivity contribution in [1.82, 2.24) is 4.90 Å². The maximum Gasteiger partial charge on any atom is 0.391 e. The molecule has 96 valence electrons. The Morgan fingerprint density at radius 2 is 1.53 bits per heavy atom. The van der Waals surface area contributed by atoms with E-state index in [2.05, 4.69) is 0 Å². The van der Waals surface area contributed by atoms with Gasteiger partial charge >= 0.3 is 6.18 Å². The zero-order valence-corrected chi connectivity index (χ0v) is 10.2. The summed E-state index contributed by atoms with van der Waals surface area (Å²) < 4.78 is 36.1. The molecule has 0 aliphatic heterocycles. The van der Waals surface area contributed by atoms with Gasteiger partial charge in [0, 0.05) is 23.0 Å². The normalized spacial score (nSPS) is 16.0. The monoisotopic (exact) mass is 271 g/mol. The van der Waals surface area contributed by atoms with Crippen molar-refractivity contribution in [2.45, 2.75) is 39.0 Å². The first kappa shape index (κ1) is 17.6. The molecule has 0 aliphatic carbocycles. The summed E-state index contributed by atoms with van der Waals surface area (Å²) in [6.45, 7) is 6.27. The maximum atomic E-state index is 12.0. The second kappa shape index (κ2) is 6.71. The SMILES string of the molecule is CCN(CC)CC(C)(O)CC(F)(F)F.[Ni]. The number of aliphatic hydroxyl groups is 1. The molecule has 1 atom stereocenters. The molecule has 0 radical (unpaired) electrons. The molecule has 0 aromatic carbocycles. The average molecular weight is 272 g/mol. The number of hydrogen-bond acceptors (Lipinski definition) is 2. The van der Waals surface area contributed by atoms with Crippen LogP contribution in [0.4, 0.5) is 13.2 Å². The first-order chi connectivity index (χ1) is 6.20. The molecular weight excluding hydrogens is 254 g/mol. The Morgan fingerprint density at radius 1 is 1.13 bits per heavy atom. The van der Waals surface area contributed by atoms with Crippen LogP contribution in [0.5, 0.6) is 0 Å². The molecule has 0 aliphatic rings. The minimum absolute atomic E-state index is 0. The van der Waals surface area contributed by atoms with E-state index in [4.69, 9.17) is 0 Å². The topological polar surface area (TPSA) is 23.5 Å². The van der Waals surface area contributed by atoms with Crippen LogP contribution < -0.4 is 0 Å². The predicted octanol–water partition coefficient (Wildman–Crippen LogP) is 2.03. The maximum absolute atomic E-state index is 12.0. The van der Waals surface area contributed by atoms with Gasteiger partial charge in [0.15, 0.2) is 0 Å². The number of rotatable bonds is 5. The van der Waals surface area contributed by atoms with Crippen molar-refractivity contribution >= 4 is 0 Å². The van der Waals surface area contributed by atoms with Gasteiger partial charge in [-0.1, -0.05) is 13.8 Å². The van der Waals surface area contributed by atoms with E-state index in [0.717, 1.165) is 0 Å². The van der Waals surface area contributed by atoms with Gasteiger partial charge in [0.2, 0.25) is 0 Å². The van der Waals surface area contributed by atoms with Crippen molar-refractivity contribution in [2.24, 2.45) is 0 Å². The van der Waals surface area contributed by atoms with Crippen molar-refractivity contribution in [2.75, 3.05) is 19.6 Å². The molecule has 1 N–H and O–H groups in total. The van der Waals surface area contributed by atoms with Crippen LogP contribution >= 0.6 is 0 Å². The van der Waals surface area contributed by atoms with E-state index in [0.29, 0.717) is 13.1 Å². The standard InChI is InChI=1S/C9H18F3NO.Ni/c1-4-13(5-2)7-8(3,14)6-9(10,11)12;/h14H,4-7H2,1-3H3;. The van der Waals surface area contributed by atoms with Crippen LogP contribution in [0.1, 0.15) is 27.2 Å². The summed E-state index contributed by atoms with van der Waals surface area (Å²) in [4.78, 5) is 1.77. The van der Waals surface area contributed by atoms with Gasteiger partial charge in [-0.2, -0.15) is 13.2 Å². The summed E-state index contributed by atoms with van der Waals surface area (Å²) >= 11 is 0. The van der Waals surface area contributed by atoms with Crippen LogP contribution in [0.3, 0.4) is 0 Å². The smallest absolute Gasteiger partial charge is 0.388 e. The van der Waals surface area contributed by atoms with Crippen LogP contribution in [0, 0.1) is 0 Å². The summed E-state index contributed by atoms with van der Waals surface area (Å²) in [5.41, 5.74) is -1.69. The average Bonchev–Trinajstić information content (AvgIpc) is 1.95. The molecule has 0 bridgehead atoms. The number of hydrogen-bond donors (Lipinski definition) is 1. The Labute approximate surface area is 98.8 Å². The fraction of sp³-hybridized carbons (Fsp3) is 1.00. The van der Waals surface area contributed by atoms with E-state index in [-0.39, 0.29) is 23.0 Å². The third-order valence-corrected chi connectivity index (χ3v) is 2.04. The van der Waals surface area contributed by atoms with Crippen molar-refractivity contribution in [3.8, 4) is 0 Å². The molecule has 0 saturated carbocycles. The number of alkyl halides is 3. The molecule has 1 unspecified atom stereocenters. The van der Waals surface area contributed by atoms with E-state index in [1.165, 1.54) is 6.92 Å². The van der Waals surface area contributed by atoms with Gasteiger partial charge in [-0.25, -0.2) is 0 Å². The minimum Gasteiger partial charge on any atom is -0.388 e. The molecule has 15 heavy (non-hydrogen) atoms. The molecule has 6 heteroatoms. The fourth-order valence-corrected chi connectivity index (χ4v) is 1.42. The summed E-state index contributed by atoms with van der Waals surface area (Å²) in [7, 11) is 0. The van der Waals surface area contributed by atoms with Crippen molar-refractivity contribution in [3.63, 3.8) is 0 Å². The van der Waals surface area contributed by atoms with E-state index < -0.39 is 18.2 Å². The molecular formula is C9H18F3NNiO. The number of likely N-dealkylation sites (N-methyl/N-ethyl adjacent to an activating group) is 1. The van der Waals surface area contributed by atoms with Gasteiger partial charge in [-0.3, -0.25) is 0 Å². The van der Waals surface area contributed by atoms with Gasteiger partial charge in [0.25, 0.3) is 0 Å². The molecule has 0 saturated heterocycles. The summed E-state index contributed by atoms with van der Waals surface area (Å²) in [6.07, 6.45) is -5.47. The minimum atomic E-state index is -4.31. The third-order valence-electron chi connectivity index (χ3n) is 2.04. The van der Waals surface area contributed by atoms with Crippen LogP contribution in [0.25, 0.3) is 0 Å².